The Morgan fingerprint density at radius 1 is 1.06 bits per heavy atom. The summed E-state index contributed by atoms with van der Waals surface area (Å²) in [5.74, 6) is 0.402. The summed E-state index contributed by atoms with van der Waals surface area (Å²) < 4.78 is 16.2. The maximum absolute atomic E-state index is 12.5. The summed E-state index contributed by atoms with van der Waals surface area (Å²) in [5, 5.41) is 0.648. The fourth-order valence-corrected chi connectivity index (χ4v) is 4.01. The molecule has 3 N–H and O–H groups in total. The minimum atomic E-state index is -0.473. The number of rotatable bonds is 6. The molecular weight excluding hydrogens is 424 g/mol. The lowest BCUT2D eigenvalue weighted by molar-refractivity contribution is 0.0530. The highest BCUT2D eigenvalue weighted by Gasteiger charge is 2.26. The number of amides is 1. The molecule has 0 bridgehead atoms. The largest absolute Gasteiger partial charge is 0.495 e. The molecule has 0 spiro atoms. The van der Waals surface area contributed by atoms with Crippen LogP contribution in [0.3, 0.4) is 0 Å². The monoisotopic (exact) mass is 452 g/mol. The number of aromatic nitrogens is 1. The van der Waals surface area contributed by atoms with Crippen LogP contribution in [0.25, 0.3) is 10.9 Å². The van der Waals surface area contributed by atoms with Gasteiger partial charge in [-0.15, -0.1) is 0 Å². The van der Waals surface area contributed by atoms with E-state index in [0.717, 1.165) is 16.8 Å². The van der Waals surface area contributed by atoms with Crippen LogP contribution in [-0.2, 0) is 16.1 Å². The Morgan fingerprint density at radius 3 is 2.45 bits per heavy atom. The third-order valence-corrected chi connectivity index (χ3v) is 5.69. The molecule has 1 aliphatic heterocycles. The molecule has 9 nitrogen and oxygen atoms in total. The zero-order valence-electron chi connectivity index (χ0n) is 18.8. The van der Waals surface area contributed by atoms with E-state index in [-0.39, 0.29) is 25.1 Å². The van der Waals surface area contributed by atoms with Crippen molar-refractivity contribution in [2.24, 2.45) is 0 Å². The fraction of sp³-hybridized carbons (Fsp3) is 0.333. The van der Waals surface area contributed by atoms with Gasteiger partial charge in [0, 0.05) is 31.6 Å². The number of piperazine rings is 1. The fourth-order valence-electron chi connectivity index (χ4n) is 4.01. The molecule has 0 saturated carbocycles. The molecule has 0 radical (unpaired) electrons. The molecule has 33 heavy (non-hydrogen) atoms. The molecule has 2 heterocycles. The predicted molar refractivity (Wildman–Crippen MR) is 126 cm³/mol. The predicted octanol–water partition coefficient (Wildman–Crippen LogP) is 3.39. The number of nitrogens with zero attached hydrogens (tertiary/aromatic N) is 2. The van der Waals surface area contributed by atoms with E-state index in [1.54, 1.807) is 25.0 Å². The summed E-state index contributed by atoms with van der Waals surface area (Å²) in [7, 11) is 1.59. The Labute approximate surface area is 192 Å². The minimum Gasteiger partial charge on any atom is -0.495 e. The number of nitrogens with two attached hydrogens (primary N) is 1. The molecule has 9 heteroatoms. The van der Waals surface area contributed by atoms with Crippen LogP contribution in [-0.4, -0.2) is 61.8 Å². The number of anilines is 2. The number of nitrogens with one attached hydrogen (secondary N) is 1. The first-order valence-corrected chi connectivity index (χ1v) is 10.9. The number of nitrogen functional groups attached to an aromatic ring is 1. The highest BCUT2D eigenvalue weighted by molar-refractivity contribution is 6.10. The van der Waals surface area contributed by atoms with Gasteiger partial charge in [0.25, 0.3) is 0 Å². The van der Waals surface area contributed by atoms with Crippen molar-refractivity contribution in [2.75, 3.05) is 50.5 Å². The summed E-state index contributed by atoms with van der Waals surface area (Å²) in [6.45, 7) is 4.54. The van der Waals surface area contributed by atoms with E-state index in [1.165, 1.54) is 0 Å². The molecule has 1 aliphatic rings. The van der Waals surface area contributed by atoms with Gasteiger partial charge in [-0.2, -0.15) is 0 Å². The van der Waals surface area contributed by atoms with E-state index in [4.69, 9.17) is 19.9 Å². The Hall–Kier alpha value is -3.88. The zero-order chi connectivity index (χ0) is 23.4. The maximum Gasteiger partial charge on any atom is 0.410 e. The average Bonchev–Trinajstić information content (AvgIpc) is 3.17. The van der Waals surface area contributed by atoms with E-state index >= 15 is 0 Å². The van der Waals surface area contributed by atoms with Gasteiger partial charge < -0.3 is 34.7 Å². The van der Waals surface area contributed by atoms with Crippen LogP contribution in [0.2, 0.25) is 0 Å². The molecule has 1 amide bonds. The van der Waals surface area contributed by atoms with E-state index in [1.807, 2.05) is 36.4 Å². The molecule has 174 valence electrons. The smallest absolute Gasteiger partial charge is 0.410 e. The first-order valence-electron chi connectivity index (χ1n) is 10.9. The van der Waals surface area contributed by atoms with Gasteiger partial charge in [0.2, 0.25) is 0 Å². The molecular formula is C24H28N4O5. The molecule has 1 saturated heterocycles. The van der Waals surface area contributed by atoms with Crippen molar-refractivity contribution in [1.82, 2.24) is 9.88 Å². The molecule has 1 aromatic heterocycles. The van der Waals surface area contributed by atoms with Gasteiger partial charge in [-0.05, 0) is 24.6 Å². The van der Waals surface area contributed by atoms with Crippen molar-refractivity contribution in [3.63, 3.8) is 0 Å². The summed E-state index contributed by atoms with van der Waals surface area (Å²) in [6.07, 6.45) is -0.322. The highest BCUT2D eigenvalue weighted by atomic mass is 16.6. The first-order chi connectivity index (χ1) is 16.0. The van der Waals surface area contributed by atoms with Crippen LogP contribution < -0.4 is 15.4 Å². The van der Waals surface area contributed by atoms with Gasteiger partial charge >= 0.3 is 12.1 Å². The molecule has 0 atom stereocenters. The second-order valence-electron chi connectivity index (χ2n) is 7.72. The zero-order valence-corrected chi connectivity index (χ0v) is 18.8. The van der Waals surface area contributed by atoms with Gasteiger partial charge in [-0.1, -0.05) is 30.3 Å². The lowest BCUT2D eigenvalue weighted by Crippen LogP contribution is -2.49. The summed E-state index contributed by atoms with van der Waals surface area (Å²) >= 11 is 0. The first kappa shape index (κ1) is 22.3. The van der Waals surface area contributed by atoms with Gasteiger partial charge in [-0.3, -0.25) is 0 Å². The molecule has 0 unspecified atom stereocenters. The van der Waals surface area contributed by atoms with Crippen molar-refractivity contribution in [3.8, 4) is 5.75 Å². The summed E-state index contributed by atoms with van der Waals surface area (Å²) in [6, 6.07) is 13.3. The number of benzene rings is 2. The van der Waals surface area contributed by atoms with Crippen LogP contribution in [0.5, 0.6) is 5.75 Å². The van der Waals surface area contributed by atoms with Gasteiger partial charge in [0.05, 0.1) is 24.9 Å². The number of esters is 1. The number of H-pyrrole nitrogens is 1. The third-order valence-electron chi connectivity index (χ3n) is 5.69. The second kappa shape index (κ2) is 9.72. The Kier molecular flexibility index (Phi) is 6.58. The number of ether oxygens (including phenoxy) is 3. The van der Waals surface area contributed by atoms with E-state index in [9.17, 15) is 9.59 Å². The topological polar surface area (TPSA) is 110 Å². The quantitative estimate of drug-likeness (QED) is 0.552. The molecule has 1 fully saturated rings. The van der Waals surface area contributed by atoms with Crippen LogP contribution in [0, 0.1) is 0 Å². The number of hydrogen-bond donors (Lipinski definition) is 2. The Morgan fingerprint density at radius 2 is 1.79 bits per heavy atom. The van der Waals surface area contributed by atoms with Gasteiger partial charge in [0.1, 0.15) is 23.7 Å². The van der Waals surface area contributed by atoms with Crippen molar-refractivity contribution in [2.45, 2.75) is 13.5 Å². The maximum atomic E-state index is 12.5. The number of hydrogen-bond acceptors (Lipinski definition) is 7. The number of carbonyl (C=O) groups excluding carboxylic acids is 2. The van der Waals surface area contributed by atoms with Crippen molar-refractivity contribution in [3.05, 3.63) is 53.6 Å². The van der Waals surface area contributed by atoms with Crippen molar-refractivity contribution < 1.29 is 23.8 Å². The number of methoxy groups -OCH3 is 1. The normalized spacial score (nSPS) is 13.8. The SMILES string of the molecule is CCOC(=O)c1c(N)[nH]c2cc(N3CCN(C(=O)OCc4ccccc4)CC3)c(OC)cc12. The Bertz CT molecular complexity index is 1140. The van der Waals surface area contributed by atoms with Gasteiger partial charge in [0.15, 0.2) is 0 Å². The lowest BCUT2D eigenvalue weighted by atomic mass is 10.1. The van der Waals surface area contributed by atoms with Crippen LogP contribution >= 0.6 is 0 Å². The second-order valence-corrected chi connectivity index (χ2v) is 7.72. The van der Waals surface area contributed by atoms with Crippen LogP contribution in [0.15, 0.2) is 42.5 Å². The number of fused-ring (bicyclic) bond motifs is 1. The van der Waals surface area contributed by atoms with Crippen molar-refractivity contribution >= 4 is 34.5 Å². The number of aromatic amines is 1. The summed E-state index contributed by atoms with van der Waals surface area (Å²) in [5.41, 5.74) is 8.90. The van der Waals surface area contributed by atoms with E-state index in [0.29, 0.717) is 42.9 Å². The van der Waals surface area contributed by atoms with Crippen molar-refractivity contribution in [1.29, 1.82) is 0 Å². The van der Waals surface area contributed by atoms with E-state index in [2.05, 4.69) is 9.88 Å². The molecule has 3 aromatic rings. The standard InChI is InChI=1S/C24H28N4O5/c1-3-32-23(29)21-17-13-20(31-2)19(14-18(17)26-22(21)25)27-9-11-28(12-10-27)24(30)33-15-16-7-5-4-6-8-16/h4-8,13-14,26H,3,9-12,15,25H2,1-2H3. The minimum absolute atomic E-state index is 0.251. The molecule has 0 aliphatic carbocycles. The summed E-state index contributed by atoms with van der Waals surface area (Å²) in [4.78, 5) is 31.7. The third kappa shape index (κ3) is 4.67. The average molecular weight is 453 g/mol. The lowest BCUT2D eigenvalue weighted by Gasteiger charge is -2.36. The molecule has 2 aromatic carbocycles. The highest BCUT2D eigenvalue weighted by Crippen LogP contribution is 2.37. The van der Waals surface area contributed by atoms with Crippen LogP contribution in [0.4, 0.5) is 16.3 Å². The van der Waals surface area contributed by atoms with E-state index < -0.39 is 5.97 Å². The van der Waals surface area contributed by atoms with Crippen LogP contribution in [0.1, 0.15) is 22.8 Å². The Balaban J connectivity index is 1.46. The van der Waals surface area contributed by atoms with Gasteiger partial charge in [-0.25, -0.2) is 9.59 Å². The number of carbonyl (C=O) groups is 2. The molecule has 4 rings (SSSR count).